The minimum Gasteiger partial charge on any atom is -0.465 e. The van der Waals surface area contributed by atoms with E-state index in [0.29, 0.717) is 11.1 Å². The number of nitrogens with one attached hydrogen (secondary N) is 1. The van der Waals surface area contributed by atoms with Gasteiger partial charge in [-0.25, -0.2) is 17.9 Å². The lowest BCUT2D eigenvalue weighted by Crippen LogP contribution is -2.38. The van der Waals surface area contributed by atoms with Gasteiger partial charge in [0.2, 0.25) is 10.0 Å². The van der Waals surface area contributed by atoms with E-state index in [-0.39, 0.29) is 18.3 Å². The second-order valence-electron chi connectivity index (χ2n) is 4.21. The van der Waals surface area contributed by atoms with Gasteiger partial charge < -0.3 is 10.5 Å². The maximum atomic E-state index is 11.8. The minimum absolute atomic E-state index is 0.206. The molecule has 0 spiro atoms. The fraction of sp³-hybridized carbons (Fsp3) is 0.417. The Morgan fingerprint density at radius 1 is 1.47 bits per heavy atom. The van der Waals surface area contributed by atoms with Crippen molar-refractivity contribution in [2.45, 2.75) is 18.7 Å². The van der Waals surface area contributed by atoms with Gasteiger partial charge in [0.15, 0.2) is 0 Å². The van der Waals surface area contributed by atoms with Gasteiger partial charge in [0.1, 0.15) is 0 Å². The van der Waals surface area contributed by atoms with Crippen LogP contribution in [0.3, 0.4) is 0 Å². The molecule has 0 aromatic heterocycles. The van der Waals surface area contributed by atoms with Crippen LogP contribution in [0, 0.1) is 0 Å². The van der Waals surface area contributed by atoms with Crippen molar-refractivity contribution in [1.29, 1.82) is 0 Å². The lowest BCUT2D eigenvalue weighted by Gasteiger charge is -2.12. The molecule has 19 heavy (non-hydrogen) atoms. The predicted molar refractivity (Wildman–Crippen MR) is 72.1 cm³/mol. The van der Waals surface area contributed by atoms with Crippen LogP contribution in [0.4, 0.5) is 0 Å². The molecule has 0 radical (unpaired) electrons. The number of benzene rings is 1. The Morgan fingerprint density at radius 2 is 2.16 bits per heavy atom. The van der Waals surface area contributed by atoms with Crippen LogP contribution in [0.5, 0.6) is 0 Å². The molecule has 7 heteroatoms. The molecular weight excluding hydrogens is 268 g/mol. The zero-order valence-electron chi connectivity index (χ0n) is 10.9. The zero-order chi connectivity index (χ0) is 14.5. The topological polar surface area (TPSA) is 98.5 Å². The van der Waals surface area contributed by atoms with Crippen molar-refractivity contribution in [3.63, 3.8) is 0 Å². The molecule has 3 N–H and O–H groups in total. The molecule has 0 amide bonds. The molecule has 0 saturated heterocycles. The third-order valence-corrected chi connectivity index (χ3v) is 3.91. The first kappa shape index (κ1) is 15.6. The molecule has 106 valence electrons. The molecule has 0 aliphatic carbocycles. The van der Waals surface area contributed by atoms with Gasteiger partial charge >= 0.3 is 5.97 Å². The Hall–Kier alpha value is -1.44. The fourth-order valence-corrected chi connectivity index (χ4v) is 2.93. The van der Waals surface area contributed by atoms with E-state index in [2.05, 4.69) is 9.46 Å². The van der Waals surface area contributed by atoms with E-state index < -0.39 is 16.0 Å². The smallest absolute Gasteiger partial charge is 0.337 e. The molecule has 1 aromatic rings. The molecule has 0 aliphatic heterocycles. The Morgan fingerprint density at radius 3 is 2.74 bits per heavy atom. The summed E-state index contributed by atoms with van der Waals surface area (Å²) in [7, 11) is -2.20. The van der Waals surface area contributed by atoms with Crippen LogP contribution in [0.1, 0.15) is 22.8 Å². The van der Waals surface area contributed by atoms with Gasteiger partial charge in [0, 0.05) is 12.6 Å². The van der Waals surface area contributed by atoms with Gasteiger partial charge in [-0.3, -0.25) is 0 Å². The largest absolute Gasteiger partial charge is 0.465 e. The summed E-state index contributed by atoms with van der Waals surface area (Å²) in [6.07, 6.45) is 0. The average Bonchev–Trinajstić information content (AvgIpc) is 2.36. The summed E-state index contributed by atoms with van der Waals surface area (Å²) in [5, 5.41) is 0. The van der Waals surface area contributed by atoms with Crippen molar-refractivity contribution in [1.82, 2.24) is 4.72 Å². The van der Waals surface area contributed by atoms with Crippen LogP contribution in [-0.4, -0.2) is 34.1 Å². The number of sulfonamides is 1. The van der Waals surface area contributed by atoms with E-state index in [1.165, 1.54) is 13.2 Å². The molecule has 0 unspecified atom stereocenters. The Bertz CT molecular complexity index is 542. The highest BCUT2D eigenvalue weighted by molar-refractivity contribution is 7.88. The second-order valence-corrected chi connectivity index (χ2v) is 5.96. The van der Waals surface area contributed by atoms with Crippen LogP contribution >= 0.6 is 0 Å². The standard InChI is InChI=1S/C12H18N2O4S/c1-9(7-13)14-19(16,17)8-10-4-3-5-11(6-10)12(15)18-2/h3-6,9,14H,7-8,13H2,1-2H3/t9-/m1/s1. The molecule has 0 bridgehead atoms. The summed E-state index contributed by atoms with van der Waals surface area (Å²) in [4.78, 5) is 11.4. The number of esters is 1. The first-order valence-corrected chi connectivity index (χ1v) is 7.40. The highest BCUT2D eigenvalue weighted by Crippen LogP contribution is 2.10. The summed E-state index contributed by atoms with van der Waals surface area (Å²) < 4.78 is 30.7. The van der Waals surface area contributed by atoms with Gasteiger partial charge in [-0.05, 0) is 24.6 Å². The summed E-state index contributed by atoms with van der Waals surface area (Å²) in [5.74, 6) is -0.704. The highest BCUT2D eigenvalue weighted by Gasteiger charge is 2.15. The summed E-state index contributed by atoms with van der Waals surface area (Å²) in [6, 6.07) is 5.99. The molecule has 1 aromatic carbocycles. The van der Waals surface area contributed by atoms with E-state index in [0.717, 1.165) is 0 Å². The number of rotatable bonds is 6. The first-order chi connectivity index (χ1) is 8.88. The van der Waals surface area contributed by atoms with E-state index >= 15 is 0 Å². The lowest BCUT2D eigenvalue weighted by atomic mass is 10.1. The van der Waals surface area contributed by atoms with E-state index in [1.54, 1.807) is 25.1 Å². The van der Waals surface area contributed by atoms with Crippen LogP contribution in [-0.2, 0) is 20.5 Å². The Balaban J connectivity index is 2.85. The van der Waals surface area contributed by atoms with E-state index in [1.807, 2.05) is 0 Å². The van der Waals surface area contributed by atoms with Crippen molar-refractivity contribution in [2.75, 3.05) is 13.7 Å². The summed E-state index contributed by atoms with van der Waals surface area (Å²) >= 11 is 0. The van der Waals surface area contributed by atoms with Crippen molar-refractivity contribution in [3.05, 3.63) is 35.4 Å². The van der Waals surface area contributed by atoms with Crippen LogP contribution in [0.2, 0.25) is 0 Å². The summed E-state index contributed by atoms with van der Waals surface area (Å²) in [5.41, 5.74) is 6.20. The van der Waals surface area contributed by atoms with Crippen LogP contribution in [0.15, 0.2) is 24.3 Å². The SMILES string of the molecule is COC(=O)c1cccc(CS(=O)(=O)N[C@H](C)CN)c1. The third-order valence-electron chi connectivity index (χ3n) is 2.44. The normalized spacial score (nSPS) is 13.0. The maximum absolute atomic E-state index is 11.8. The first-order valence-electron chi connectivity index (χ1n) is 5.75. The van der Waals surface area contributed by atoms with Crippen LogP contribution < -0.4 is 10.5 Å². The van der Waals surface area contributed by atoms with Gasteiger partial charge in [-0.2, -0.15) is 0 Å². The van der Waals surface area contributed by atoms with Gasteiger partial charge in [-0.1, -0.05) is 12.1 Å². The van der Waals surface area contributed by atoms with E-state index in [9.17, 15) is 13.2 Å². The molecule has 6 nitrogen and oxygen atoms in total. The van der Waals surface area contributed by atoms with Crippen molar-refractivity contribution in [3.8, 4) is 0 Å². The zero-order valence-corrected chi connectivity index (χ0v) is 11.7. The van der Waals surface area contributed by atoms with Crippen molar-refractivity contribution in [2.24, 2.45) is 5.73 Å². The highest BCUT2D eigenvalue weighted by atomic mass is 32.2. The second kappa shape index (κ2) is 6.65. The number of methoxy groups -OCH3 is 1. The van der Waals surface area contributed by atoms with E-state index in [4.69, 9.17) is 5.73 Å². The number of ether oxygens (including phenoxy) is 1. The number of carbonyl (C=O) groups excluding carboxylic acids is 1. The maximum Gasteiger partial charge on any atom is 0.337 e. The lowest BCUT2D eigenvalue weighted by molar-refractivity contribution is 0.0600. The van der Waals surface area contributed by atoms with Crippen LogP contribution in [0.25, 0.3) is 0 Å². The number of nitrogens with two attached hydrogens (primary N) is 1. The quantitative estimate of drug-likeness (QED) is 0.730. The molecule has 0 fully saturated rings. The molecule has 0 aliphatic rings. The molecule has 1 rings (SSSR count). The van der Waals surface area contributed by atoms with Gasteiger partial charge in [0.25, 0.3) is 0 Å². The van der Waals surface area contributed by atoms with Gasteiger partial charge in [0.05, 0.1) is 18.4 Å². The molecule has 1 atom stereocenters. The number of hydrogen-bond donors (Lipinski definition) is 2. The minimum atomic E-state index is -3.48. The van der Waals surface area contributed by atoms with Gasteiger partial charge in [-0.15, -0.1) is 0 Å². The molecule has 0 saturated carbocycles. The average molecular weight is 286 g/mol. The Labute approximate surface area is 113 Å². The molecule has 0 heterocycles. The third kappa shape index (κ3) is 4.98. The number of hydrogen-bond acceptors (Lipinski definition) is 5. The van der Waals surface area contributed by atoms with Crippen molar-refractivity contribution >= 4 is 16.0 Å². The molecular formula is C12H18N2O4S. The van der Waals surface area contributed by atoms with Crippen molar-refractivity contribution < 1.29 is 17.9 Å². The summed E-state index contributed by atoms with van der Waals surface area (Å²) in [6.45, 7) is 1.91. The fourth-order valence-electron chi connectivity index (χ4n) is 1.52. The predicted octanol–water partition coefficient (Wildman–Crippen LogP) is 0.240. The number of carbonyl (C=O) groups is 1. The Kier molecular flexibility index (Phi) is 5.46. The monoisotopic (exact) mass is 286 g/mol.